The Morgan fingerprint density at radius 3 is 2.60 bits per heavy atom. The fourth-order valence-corrected chi connectivity index (χ4v) is 2.46. The molecule has 0 aromatic heterocycles. The van der Waals surface area contributed by atoms with Crippen LogP contribution in [0.5, 0.6) is 0 Å². The van der Waals surface area contributed by atoms with Gasteiger partial charge in [0, 0.05) is 20.1 Å². The maximum Gasteiger partial charge on any atom is 0.326 e. The molecule has 1 heterocycles. The standard InChI is InChI=1S/C13H22N2O5/c1-9-5-4-7-15(11(9)12(17)18)13(19)14(2)8-6-10(16)20-3/h9,11H,4-8H2,1-3H3,(H,17,18). The Hall–Kier alpha value is -1.79. The highest BCUT2D eigenvalue weighted by Gasteiger charge is 2.38. The van der Waals surface area contributed by atoms with Gasteiger partial charge in [0.1, 0.15) is 6.04 Å². The lowest BCUT2D eigenvalue weighted by Gasteiger charge is -2.39. The molecule has 0 saturated carbocycles. The molecular weight excluding hydrogens is 264 g/mol. The third kappa shape index (κ3) is 3.85. The van der Waals surface area contributed by atoms with Crippen molar-refractivity contribution in [3.8, 4) is 0 Å². The Balaban J connectivity index is 2.68. The number of aliphatic carboxylic acids is 1. The quantitative estimate of drug-likeness (QED) is 0.772. The zero-order chi connectivity index (χ0) is 15.3. The molecule has 2 atom stereocenters. The smallest absolute Gasteiger partial charge is 0.326 e. The van der Waals surface area contributed by atoms with Crippen LogP contribution in [0, 0.1) is 5.92 Å². The van der Waals surface area contributed by atoms with E-state index in [1.807, 2.05) is 6.92 Å². The Labute approximate surface area is 118 Å². The summed E-state index contributed by atoms with van der Waals surface area (Å²) >= 11 is 0. The molecule has 1 N–H and O–H groups in total. The molecular formula is C13H22N2O5. The van der Waals surface area contributed by atoms with E-state index in [0.29, 0.717) is 6.54 Å². The molecule has 0 aliphatic carbocycles. The van der Waals surface area contributed by atoms with Crippen molar-refractivity contribution in [2.45, 2.75) is 32.2 Å². The number of nitrogens with zero attached hydrogens (tertiary/aromatic N) is 2. The van der Waals surface area contributed by atoms with Gasteiger partial charge in [-0.05, 0) is 18.8 Å². The summed E-state index contributed by atoms with van der Waals surface area (Å²) < 4.78 is 4.52. The minimum atomic E-state index is -0.980. The molecule has 0 spiro atoms. The second kappa shape index (κ2) is 7.12. The molecule has 114 valence electrons. The first kappa shape index (κ1) is 16.3. The summed E-state index contributed by atoms with van der Waals surface area (Å²) in [6.45, 7) is 2.48. The number of esters is 1. The lowest BCUT2D eigenvalue weighted by atomic mass is 9.91. The molecule has 1 aliphatic heterocycles. The number of urea groups is 1. The van der Waals surface area contributed by atoms with Gasteiger partial charge in [0.15, 0.2) is 0 Å². The average Bonchev–Trinajstić information content (AvgIpc) is 2.42. The van der Waals surface area contributed by atoms with Crippen LogP contribution in [0.3, 0.4) is 0 Å². The van der Waals surface area contributed by atoms with Crippen LogP contribution in [-0.4, -0.2) is 66.2 Å². The monoisotopic (exact) mass is 286 g/mol. The number of ether oxygens (including phenoxy) is 1. The van der Waals surface area contributed by atoms with Crippen molar-refractivity contribution in [2.24, 2.45) is 5.92 Å². The van der Waals surface area contributed by atoms with Gasteiger partial charge in [-0.15, -0.1) is 0 Å². The third-order valence-electron chi connectivity index (χ3n) is 3.64. The maximum absolute atomic E-state index is 12.3. The van der Waals surface area contributed by atoms with Gasteiger partial charge >= 0.3 is 18.0 Å². The number of carboxylic acids is 1. The minimum absolute atomic E-state index is 0.0702. The Morgan fingerprint density at radius 2 is 2.05 bits per heavy atom. The van der Waals surface area contributed by atoms with Crippen molar-refractivity contribution < 1.29 is 24.2 Å². The summed E-state index contributed by atoms with van der Waals surface area (Å²) in [6, 6.07) is -1.15. The van der Waals surface area contributed by atoms with Gasteiger partial charge in [-0.2, -0.15) is 0 Å². The molecule has 1 fully saturated rings. The van der Waals surface area contributed by atoms with Crippen molar-refractivity contribution >= 4 is 18.0 Å². The fraction of sp³-hybridized carbons (Fsp3) is 0.769. The van der Waals surface area contributed by atoms with Gasteiger partial charge < -0.3 is 19.6 Å². The number of methoxy groups -OCH3 is 1. The number of likely N-dealkylation sites (tertiary alicyclic amines) is 1. The molecule has 0 aromatic carbocycles. The Kier molecular flexibility index (Phi) is 5.79. The zero-order valence-electron chi connectivity index (χ0n) is 12.2. The molecule has 0 aromatic rings. The van der Waals surface area contributed by atoms with Crippen molar-refractivity contribution in [3.63, 3.8) is 0 Å². The van der Waals surface area contributed by atoms with E-state index in [1.54, 1.807) is 7.05 Å². The largest absolute Gasteiger partial charge is 0.480 e. The van der Waals surface area contributed by atoms with E-state index < -0.39 is 18.0 Å². The third-order valence-corrected chi connectivity index (χ3v) is 3.64. The van der Waals surface area contributed by atoms with Crippen LogP contribution in [-0.2, 0) is 14.3 Å². The van der Waals surface area contributed by atoms with Crippen molar-refractivity contribution in [2.75, 3.05) is 27.2 Å². The second-order valence-corrected chi connectivity index (χ2v) is 5.13. The number of piperidine rings is 1. The lowest BCUT2D eigenvalue weighted by Crippen LogP contribution is -2.55. The average molecular weight is 286 g/mol. The summed E-state index contributed by atoms with van der Waals surface area (Å²) in [7, 11) is 2.85. The number of carboxylic acid groups (broad SMARTS) is 1. The highest BCUT2D eigenvalue weighted by molar-refractivity contribution is 5.83. The van der Waals surface area contributed by atoms with E-state index in [1.165, 1.54) is 16.9 Å². The van der Waals surface area contributed by atoms with Crippen LogP contribution < -0.4 is 0 Å². The summed E-state index contributed by atoms with van der Waals surface area (Å²) in [4.78, 5) is 37.4. The molecule has 1 rings (SSSR count). The first-order chi connectivity index (χ1) is 9.38. The molecule has 1 aliphatic rings. The van der Waals surface area contributed by atoms with E-state index in [2.05, 4.69) is 4.74 Å². The number of carbonyl (C=O) groups is 3. The summed E-state index contributed by atoms with van der Waals surface area (Å²) in [5.74, 6) is -1.45. The first-order valence-electron chi connectivity index (χ1n) is 6.69. The normalized spacial score (nSPS) is 22.2. The first-order valence-corrected chi connectivity index (χ1v) is 6.69. The van der Waals surface area contributed by atoms with Gasteiger partial charge in [-0.1, -0.05) is 6.92 Å². The maximum atomic E-state index is 12.3. The van der Waals surface area contributed by atoms with Gasteiger partial charge in [-0.3, -0.25) is 4.79 Å². The van der Waals surface area contributed by atoms with Crippen molar-refractivity contribution in [1.29, 1.82) is 0 Å². The van der Waals surface area contributed by atoms with E-state index in [-0.39, 0.29) is 24.9 Å². The molecule has 0 bridgehead atoms. The van der Waals surface area contributed by atoms with Crippen molar-refractivity contribution in [1.82, 2.24) is 9.80 Å². The van der Waals surface area contributed by atoms with E-state index >= 15 is 0 Å². The van der Waals surface area contributed by atoms with Crippen LogP contribution in [0.1, 0.15) is 26.2 Å². The highest BCUT2D eigenvalue weighted by Crippen LogP contribution is 2.24. The summed E-state index contributed by atoms with van der Waals surface area (Å²) in [5, 5.41) is 9.28. The molecule has 1 saturated heterocycles. The van der Waals surface area contributed by atoms with Gasteiger partial charge in [0.05, 0.1) is 13.5 Å². The zero-order valence-corrected chi connectivity index (χ0v) is 12.2. The molecule has 20 heavy (non-hydrogen) atoms. The Bertz CT molecular complexity index is 385. The number of hydrogen-bond acceptors (Lipinski definition) is 4. The molecule has 7 nitrogen and oxygen atoms in total. The number of carbonyl (C=O) groups excluding carboxylic acids is 2. The second-order valence-electron chi connectivity index (χ2n) is 5.13. The van der Waals surface area contributed by atoms with E-state index in [0.717, 1.165) is 12.8 Å². The topological polar surface area (TPSA) is 87.2 Å². The lowest BCUT2D eigenvalue weighted by molar-refractivity contribution is -0.145. The minimum Gasteiger partial charge on any atom is -0.480 e. The van der Waals surface area contributed by atoms with Gasteiger partial charge in [0.2, 0.25) is 0 Å². The molecule has 2 amide bonds. The van der Waals surface area contributed by atoms with Gasteiger partial charge in [0.25, 0.3) is 0 Å². The highest BCUT2D eigenvalue weighted by atomic mass is 16.5. The van der Waals surface area contributed by atoms with Crippen LogP contribution in [0.4, 0.5) is 4.79 Å². The number of amides is 2. The SMILES string of the molecule is COC(=O)CCN(C)C(=O)N1CCCC(C)C1C(=O)O. The van der Waals surface area contributed by atoms with Crippen LogP contribution >= 0.6 is 0 Å². The number of rotatable bonds is 4. The predicted octanol–water partition coefficient (Wildman–Crippen LogP) is 0.786. The van der Waals surface area contributed by atoms with Crippen LogP contribution in [0.25, 0.3) is 0 Å². The molecule has 2 unspecified atom stereocenters. The van der Waals surface area contributed by atoms with Crippen LogP contribution in [0.2, 0.25) is 0 Å². The molecule has 0 radical (unpaired) electrons. The predicted molar refractivity (Wildman–Crippen MR) is 71.2 cm³/mol. The van der Waals surface area contributed by atoms with Crippen LogP contribution in [0.15, 0.2) is 0 Å². The molecule has 7 heteroatoms. The summed E-state index contributed by atoms with van der Waals surface area (Å²) in [5.41, 5.74) is 0. The van der Waals surface area contributed by atoms with E-state index in [9.17, 15) is 19.5 Å². The Morgan fingerprint density at radius 1 is 1.40 bits per heavy atom. The summed E-state index contributed by atoms with van der Waals surface area (Å²) in [6.07, 6.45) is 1.69. The fourth-order valence-electron chi connectivity index (χ4n) is 2.46. The van der Waals surface area contributed by atoms with E-state index in [4.69, 9.17) is 0 Å². The number of hydrogen-bond donors (Lipinski definition) is 1. The van der Waals surface area contributed by atoms with Gasteiger partial charge in [-0.25, -0.2) is 9.59 Å². The van der Waals surface area contributed by atoms with Crippen molar-refractivity contribution in [3.05, 3.63) is 0 Å².